The average Bonchev–Trinajstić information content (AvgIpc) is 3.55. The summed E-state index contributed by atoms with van der Waals surface area (Å²) in [6, 6.07) is 24.6. The molecule has 3 aromatic rings. The maximum absolute atomic E-state index is 11.5. The van der Waals surface area contributed by atoms with Crippen LogP contribution in [0.25, 0.3) is 0 Å². The van der Waals surface area contributed by atoms with E-state index in [2.05, 4.69) is 41.3 Å². The van der Waals surface area contributed by atoms with E-state index >= 15 is 0 Å². The summed E-state index contributed by atoms with van der Waals surface area (Å²) in [6.07, 6.45) is -4.04. The minimum atomic E-state index is -1.77. The highest BCUT2D eigenvalue weighted by Crippen LogP contribution is 2.47. The van der Waals surface area contributed by atoms with Gasteiger partial charge in [-0.2, -0.15) is 0 Å². The Balaban J connectivity index is 1.23. The smallest absolute Gasteiger partial charge is 0.335 e. The lowest BCUT2D eigenvalue weighted by atomic mass is 9.69. The molecule has 228 valence electrons. The normalized spacial score (nSPS) is 29.1. The van der Waals surface area contributed by atoms with Gasteiger partial charge in [0.1, 0.15) is 36.4 Å². The Kier molecular flexibility index (Phi) is 8.97. The third-order valence-electron chi connectivity index (χ3n) is 8.98. The molecule has 2 fully saturated rings. The summed E-state index contributed by atoms with van der Waals surface area (Å²) in [6.45, 7) is 3.92. The van der Waals surface area contributed by atoms with Crippen molar-refractivity contribution in [3.8, 4) is 11.5 Å². The molecule has 6 rings (SSSR count). The number of likely N-dealkylation sites (tertiary alicyclic amines) is 1. The Morgan fingerprint density at radius 3 is 2.30 bits per heavy atom. The molecule has 7 atom stereocenters. The van der Waals surface area contributed by atoms with Gasteiger partial charge >= 0.3 is 5.97 Å². The minimum Gasteiger partial charge on any atom is -0.492 e. The number of carbonyl (C=O) groups is 1. The van der Waals surface area contributed by atoms with Gasteiger partial charge in [-0.25, -0.2) is 4.79 Å². The molecule has 1 aliphatic carbocycles. The van der Waals surface area contributed by atoms with E-state index in [1.165, 1.54) is 29.5 Å². The van der Waals surface area contributed by atoms with Crippen LogP contribution in [0.1, 0.15) is 53.4 Å². The third-order valence-corrected chi connectivity index (χ3v) is 8.98. The van der Waals surface area contributed by atoms with Crippen LogP contribution in [-0.4, -0.2) is 88.2 Å². The molecule has 0 aromatic heterocycles. The topological polar surface area (TPSA) is 129 Å². The Hall–Kier alpha value is -3.47. The van der Waals surface area contributed by atoms with Crippen molar-refractivity contribution in [3.05, 3.63) is 95.1 Å². The van der Waals surface area contributed by atoms with E-state index in [0.29, 0.717) is 12.4 Å². The van der Waals surface area contributed by atoms with Crippen molar-refractivity contribution >= 4 is 5.97 Å². The summed E-state index contributed by atoms with van der Waals surface area (Å²) in [5, 5.41) is 40.0. The van der Waals surface area contributed by atoms with E-state index < -0.39 is 36.7 Å². The van der Waals surface area contributed by atoms with Crippen LogP contribution in [0.2, 0.25) is 0 Å². The van der Waals surface area contributed by atoms with Crippen LogP contribution < -0.4 is 9.47 Å². The number of ether oxygens (including phenoxy) is 3. The van der Waals surface area contributed by atoms with E-state index in [-0.39, 0.29) is 11.8 Å². The standard InChI is InChI=1S/C34H39NO8/c36-29-30(37)32(33(39)40)43-34(31(29)38)42-25-13-15-27-23(20-25)10-14-26(21-6-2-1-3-7-21)28(27)22-8-11-24(12-9-22)41-19-18-35-16-4-5-17-35/h1-3,6-9,11-13,15,20,26,28-32,34,36-38H,4-5,10,14,16-19H2,(H,39,40). The van der Waals surface area contributed by atoms with Crippen LogP contribution in [0.3, 0.4) is 0 Å². The van der Waals surface area contributed by atoms with Crippen molar-refractivity contribution < 1.29 is 39.4 Å². The zero-order valence-electron chi connectivity index (χ0n) is 24.0. The van der Waals surface area contributed by atoms with Gasteiger partial charge in [0.2, 0.25) is 6.29 Å². The Bertz CT molecular complexity index is 1380. The van der Waals surface area contributed by atoms with Gasteiger partial charge in [0.15, 0.2) is 6.10 Å². The average molecular weight is 590 g/mol. The summed E-state index contributed by atoms with van der Waals surface area (Å²) < 4.78 is 17.2. The number of carboxylic acid groups (broad SMARTS) is 1. The molecule has 9 nitrogen and oxygen atoms in total. The summed E-state index contributed by atoms with van der Waals surface area (Å²) in [5.74, 6) is 0.143. The Morgan fingerprint density at radius 1 is 0.860 bits per heavy atom. The van der Waals surface area contributed by atoms with Crippen molar-refractivity contribution in [3.63, 3.8) is 0 Å². The Morgan fingerprint density at radius 2 is 1.58 bits per heavy atom. The number of aliphatic carboxylic acids is 1. The second-order valence-corrected chi connectivity index (χ2v) is 11.7. The molecule has 3 aromatic carbocycles. The third kappa shape index (κ3) is 6.41. The van der Waals surface area contributed by atoms with Crippen LogP contribution in [0, 0.1) is 0 Å². The Labute approximate surface area is 251 Å². The monoisotopic (exact) mass is 589 g/mol. The second kappa shape index (κ2) is 13.0. The van der Waals surface area contributed by atoms with Gasteiger partial charge in [-0.15, -0.1) is 0 Å². The van der Waals surface area contributed by atoms with E-state index in [1.54, 1.807) is 6.07 Å². The van der Waals surface area contributed by atoms with Crippen LogP contribution in [0.15, 0.2) is 72.8 Å². The second-order valence-electron chi connectivity index (χ2n) is 11.7. The van der Waals surface area contributed by atoms with Crippen molar-refractivity contribution in [2.75, 3.05) is 26.2 Å². The maximum Gasteiger partial charge on any atom is 0.335 e. The number of aryl methyl sites for hydroxylation is 1. The molecular formula is C34H39NO8. The molecule has 2 saturated heterocycles. The molecule has 0 spiro atoms. The first-order chi connectivity index (χ1) is 20.9. The van der Waals surface area contributed by atoms with Gasteiger partial charge in [-0.3, -0.25) is 4.90 Å². The number of nitrogens with zero attached hydrogens (tertiary/aromatic N) is 1. The molecule has 0 bridgehead atoms. The van der Waals surface area contributed by atoms with Gasteiger partial charge in [0.25, 0.3) is 0 Å². The van der Waals surface area contributed by atoms with Crippen LogP contribution in [0.4, 0.5) is 0 Å². The van der Waals surface area contributed by atoms with Gasteiger partial charge < -0.3 is 34.6 Å². The van der Waals surface area contributed by atoms with Crippen LogP contribution in [-0.2, 0) is 16.0 Å². The zero-order valence-corrected chi connectivity index (χ0v) is 24.0. The van der Waals surface area contributed by atoms with Crippen molar-refractivity contribution in [2.24, 2.45) is 0 Å². The molecular weight excluding hydrogens is 550 g/mol. The molecule has 0 saturated carbocycles. The predicted molar refractivity (Wildman–Crippen MR) is 158 cm³/mol. The first-order valence-electron chi connectivity index (χ1n) is 15.1. The lowest BCUT2D eigenvalue weighted by Gasteiger charge is -2.39. The fourth-order valence-corrected chi connectivity index (χ4v) is 6.69. The minimum absolute atomic E-state index is 0.0868. The van der Waals surface area contributed by atoms with E-state index in [9.17, 15) is 25.2 Å². The molecule has 9 heteroatoms. The fourth-order valence-electron chi connectivity index (χ4n) is 6.69. The zero-order chi connectivity index (χ0) is 29.9. The van der Waals surface area contributed by atoms with Crippen molar-refractivity contribution in [2.45, 2.75) is 68.2 Å². The summed E-state index contributed by atoms with van der Waals surface area (Å²) in [5.41, 5.74) is 4.71. The predicted octanol–water partition coefficient (Wildman–Crippen LogP) is 3.29. The highest BCUT2D eigenvalue weighted by atomic mass is 16.7. The van der Waals surface area contributed by atoms with E-state index in [0.717, 1.165) is 43.8 Å². The summed E-state index contributed by atoms with van der Waals surface area (Å²) in [4.78, 5) is 13.9. The largest absolute Gasteiger partial charge is 0.492 e. The number of rotatable bonds is 9. The highest BCUT2D eigenvalue weighted by Gasteiger charge is 2.48. The highest BCUT2D eigenvalue weighted by molar-refractivity contribution is 5.73. The van der Waals surface area contributed by atoms with Crippen molar-refractivity contribution in [1.29, 1.82) is 0 Å². The lowest BCUT2D eigenvalue weighted by molar-refractivity contribution is -0.271. The number of benzene rings is 3. The number of hydrogen-bond acceptors (Lipinski definition) is 8. The number of aliphatic hydroxyl groups is 3. The van der Waals surface area contributed by atoms with E-state index in [4.69, 9.17) is 14.2 Å². The fraction of sp³-hybridized carbons (Fsp3) is 0.441. The van der Waals surface area contributed by atoms with Gasteiger partial charge in [-0.1, -0.05) is 48.5 Å². The summed E-state index contributed by atoms with van der Waals surface area (Å²) in [7, 11) is 0. The van der Waals surface area contributed by atoms with Crippen LogP contribution in [0.5, 0.6) is 11.5 Å². The molecule has 0 amide bonds. The molecule has 7 unspecified atom stereocenters. The van der Waals surface area contributed by atoms with Gasteiger partial charge in [-0.05, 0) is 91.2 Å². The number of fused-ring (bicyclic) bond motifs is 1. The molecule has 2 heterocycles. The van der Waals surface area contributed by atoms with E-state index in [1.807, 2.05) is 30.3 Å². The first kappa shape index (κ1) is 29.6. The maximum atomic E-state index is 11.5. The number of hydrogen-bond donors (Lipinski definition) is 4. The van der Waals surface area contributed by atoms with Gasteiger partial charge in [0, 0.05) is 12.5 Å². The summed E-state index contributed by atoms with van der Waals surface area (Å²) >= 11 is 0. The molecule has 0 radical (unpaired) electrons. The van der Waals surface area contributed by atoms with Crippen molar-refractivity contribution in [1.82, 2.24) is 4.90 Å². The SMILES string of the molecule is O=C(O)C1OC(Oc2ccc3c(c2)CCC(c2ccccc2)C3c2ccc(OCCN3CCCC3)cc2)C(O)C(O)C1O. The number of aliphatic hydroxyl groups excluding tert-OH is 3. The molecule has 43 heavy (non-hydrogen) atoms. The van der Waals surface area contributed by atoms with Crippen LogP contribution >= 0.6 is 0 Å². The first-order valence-corrected chi connectivity index (χ1v) is 15.1. The number of carboxylic acids is 1. The quantitative estimate of drug-likeness (QED) is 0.297. The molecule has 2 aliphatic heterocycles. The lowest BCUT2D eigenvalue weighted by Crippen LogP contribution is -2.61. The molecule has 3 aliphatic rings. The molecule has 4 N–H and O–H groups in total. The van der Waals surface area contributed by atoms with Gasteiger partial charge in [0.05, 0.1) is 0 Å².